The van der Waals surface area contributed by atoms with Gasteiger partial charge in [-0.25, -0.2) is 0 Å². The van der Waals surface area contributed by atoms with E-state index in [1.807, 2.05) is 0 Å². The summed E-state index contributed by atoms with van der Waals surface area (Å²) < 4.78 is 0. The predicted molar refractivity (Wildman–Crippen MR) is 132 cm³/mol. The van der Waals surface area contributed by atoms with E-state index in [4.69, 9.17) is 0 Å². The summed E-state index contributed by atoms with van der Waals surface area (Å²) in [4.78, 5) is 0. The van der Waals surface area contributed by atoms with Crippen molar-refractivity contribution in [2.24, 2.45) is 50.2 Å². The van der Waals surface area contributed by atoms with E-state index in [1.54, 1.807) is 5.57 Å². The monoisotopic (exact) mass is 442 g/mol. The molecule has 5 aliphatic rings. The van der Waals surface area contributed by atoms with Crippen molar-refractivity contribution < 1.29 is 10.2 Å². The minimum Gasteiger partial charge on any atom is -0.393 e. The molecule has 2 N–H and O–H groups in total. The molecule has 0 bridgehead atoms. The van der Waals surface area contributed by atoms with Crippen LogP contribution < -0.4 is 0 Å². The van der Waals surface area contributed by atoms with Crippen molar-refractivity contribution in [3.05, 3.63) is 11.6 Å². The van der Waals surface area contributed by atoms with E-state index in [0.29, 0.717) is 28.6 Å². The first-order chi connectivity index (χ1) is 14.6. The summed E-state index contributed by atoms with van der Waals surface area (Å²) in [6.07, 6.45) is 12.8. The molecule has 1 unspecified atom stereocenters. The van der Waals surface area contributed by atoms with Gasteiger partial charge in [-0.15, -0.1) is 0 Å². The highest BCUT2D eigenvalue weighted by Crippen LogP contribution is 2.75. The number of allylic oxidation sites excluding steroid dienone is 2. The largest absolute Gasteiger partial charge is 0.393 e. The summed E-state index contributed by atoms with van der Waals surface area (Å²) in [5.41, 5.74) is 2.86. The standard InChI is InChI=1S/C30H50O2/c1-25(2)17-20-19-9-10-22-28(6)13-12-23(31)26(3,4)21(28)11-14-30(22,8)29(19,7)16-15-27(20,5)24(32)18-25/h9,20-24,31-32H,10-18H2,1-8H3/t20-,21?,22+,23-,24+,27+,28-,29+,30+/m0/s1. The number of aliphatic hydroxyl groups excluding tert-OH is 2. The summed E-state index contributed by atoms with van der Waals surface area (Å²) in [5.74, 6) is 1.83. The van der Waals surface area contributed by atoms with Crippen molar-refractivity contribution in [2.45, 2.75) is 125 Å². The Balaban J connectivity index is 1.58. The second-order valence-corrected chi connectivity index (χ2v) is 15.3. The van der Waals surface area contributed by atoms with E-state index in [-0.39, 0.29) is 33.9 Å². The third-order valence-electron chi connectivity index (χ3n) is 13.1. The van der Waals surface area contributed by atoms with Crippen molar-refractivity contribution in [1.29, 1.82) is 0 Å². The van der Waals surface area contributed by atoms with Gasteiger partial charge >= 0.3 is 0 Å². The Kier molecular flexibility index (Phi) is 4.87. The molecule has 32 heavy (non-hydrogen) atoms. The molecule has 4 fully saturated rings. The summed E-state index contributed by atoms with van der Waals surface area (Å²) in [6, 6.07) is 0. The number of hydrogen-bond donors (Lipinski definition) is 2. The molecular formula is C30H50O2. The van der Waals surface area contributed by atoms with E-state index < -0.39 is 0 Å². The molecule has 5 aliphatic carbocycles. The molecule has 0 radical (unpaired) electrons. The Morgan fingerprint density at radius 1 is 0.719 bits per heavy atom. The van der Waals surface area contributed by atoms with Crippen LogP contribution in [0.3, 0.4) is 0 Å². The van der Waals surface area contributed by atoms with Crippen LogP contribution in [-0.2, 0) is 0 Å². The summed E-state index contributed by atoms with van der Waals surface area (Å²) in [5, 5.41) is 22.2. The lowest BCUT2D eigenvalue weighted by molar-refractivity contribution is -0.207. The zero-order chi connectivity index (χ0) is 23.5. The molecule has 0 saturated heterocycles. The van der Waals surface area contributed by atoms with Gasteiger partial charge < -0.3 is 10.2 Å². The van der Waals surface area contributed by atoms with Gasteiger partial charge in [-0.3, -0.25) is 0 Å². The first kappa shape index (κ1) is 23.4. The van der Waals surface area contributed by atoms with Crippen LogP contribution in [0.2, 0.25) is 0 Å². The molecule has 0 aliphatic heterocycles. The van der Waals surface area contributed by atoms with E-state index >= 15 is 0 Å². The van der Waals surface area contributed by atoms with Gasteiger partial charge in [-0.2, -0.15) is 0 Å². The first-order valence-corrected chi connectivity index (χ1v) is 13.7. The fourth-order valence-corrected chi connectivity index (χ4v) is 10.7. The van der Waals surface area contributed by atoms with Crippen LogP contribution in [-0.4, -0.2) is 22.4 Å². The van der Waals surface area contributed by atoms with Gasteiger partial charge in [0.1, 0.15) is 0 Å². The molecule has 0 aromatic carbocycles. The quantitative estimate of drug-likeness (QED) is 0.391. The van der Waals surface area contributed by atoms with Gasteiger partial charge in [0.15, 0.2) is 0 Å². The van der Waals surface area contributed by atoms with E-state index in [1.165, 1.54) is 38.5 Å². The average molecular weight is 443 g/mol. The molecule has 0 heterocycles. The Bertz CT molecular complexity index is 825. The average Bonchev–Trinajstić information content (AvgIpc) is 2.67. The van der Waals surface area contributed by atoms with Crippen LogP contribution in [0, 0.1) is 50.2 Å². The third kappa shape index (κ3) is 2.72. The summed E-state index contributed by atoms with van der Waals surface area (Å²) >= 11 is 0. The van der Waals surface area contributed by atoms with Crippen LogP contribution in [0.15, 0.2) is 11.6 Å². The highest BCUT2D eigenvalue weighted by Gasteiger charge is 2.68. The Morgan fingerprint density at radius 3 is 2.09 bits per heavy atom. The van der Waals surface area contributed by atoms with Gasteiger partial charge in [-0.1, -0.05) is 67.0 Å². The van der Waals surface area contributed by atoms with Gasteiger partial charge in [0.25, 0.3) is 0 Å². The second-order valence-electron chi connectivity index (χ2n) is 15.3. The molecule has 5 rings (SSSR count). The zero-order valence-corrected chi connectivity index (χ0v) is 22.2. The number of aliphatic hydroxyl groups is 2. The van der Waals surface area contributed by atoms with Crippen LogP contribution in [0.5, 0.6) is 0 Å². The molecule has 0 spiro atoms. The van der Waals surface area contributed by atoms with E-state index in [0.717, 1.165) is 19.3 Å². The highest BCUT2D eigenvalue weighted by molar-refractivity contribution is 5.34. The minimum atomic E-state index is -0.180. The van der Waals surface area contributed by atoms with Crippen LogP contribution >= 0.6 is 0 Å². The Labute approximate surface area is 197 Å². The van der Waals surface area contributed by atoms with Crippen molar-refractivity contribution >= 4 is 0 Å². The minimum absolute atomic E-state index is 0.0157. The molecule has 0 aromatic rings. The maximum absolute atomic E-state index is 11.3. The summed E-state index contributed by atoms with van der Waals surface area (Å²) in [6.45, 7) is 19.7. The fraction of sp³-hybridized carbons (Fsp3) is 0.933. The third-order valence-corrected chi connectivity index (χ3v) is 13.1. The number of rotatable bonds is 0. The van der Waals surface area contributed by atoms with Crippen LogP contribution in [0.1, 0.15) is 113 Å². The van der Waals surface area contributed by atoms with E-state index in [2.05, 4.69) is 61.5 Å². The van der Waals surface area contributed by atoms with Crippen molar-refractivity contribution in [1.82, 2.24) is 0 Å². The Hall–Kier alpha value is -0.340. The Morgan fingerprint density at radius 2 is 1.41 bits per heavy atom. The van der Waals surface area contributed by atoms with Crippen LogP contribution in [0.25, 0.3) is 0 Å². The van der Waals surface area contributed by atoms with Gasteiger partial charge in [0.2, 0.25) is 0 Å². The summed E-state index contributed by atoms with van der Waals surface area (Å²) in [7, 11) is 0. The lowest BCUT2D eigenvalue weighted by atomic mass is 9.33. The number of hydrogen-bond acceptors (Lipinski definition) is 2. The smallest absolute Gasteiger partial charge is 0.0604 e. The highest BCUT2D eigenvalue weighted by atomic mass is 16.3. The zero-order valence-electron chi connectivity index (χ0n) is 22.2. The normalized spacial score (nSPS) is 56.2. The van der Waals surface area contributed by atoms with Gasteiger partial charge in [0, 0.05) is 5.41 Å². The van der Waals surface area contributed by atoms with Crippen LogP contribution in [0.4, 0.5) is 0 Å². The fourth-order valence-electron chi connectivity index (χ4n) is 10.7. The number of fused-ring (bicyclic) bond motifs is 7. The van der Waals surface area contributed by atoms with Crippen molar-refractivity contribution in [3.8, 4) is 0 Å². The molecule has 2 nitrogen and oxygen atoms in total. The molecule has 182 valence electrons. The molecular weight excluding hydrogens is 392 g/mol. The second kappa shape index (κ2) is 6.66. The molecule has 0 aromatic heterocycles. The first-order valence-electron chi connectivity index (χ1n) is 13.7. The lowest BCUT2D eigenvalue weighted by Gasteiger charge is -2.71. The molecule has 4 saturated carbocycles. The molecule has 9 atom stereocenters. The van der Waals surface area contributed by atoms with E-state index in [9.17, 15) is 10.2 Å². The predicted octanol–water partition coefficient (Wildman–Crippen LogP) is 7.14. The SMILES string of the molecule is CC1(C)C[C@@H](O)[C@]2(C)CC[C@]3(C)C(=CC[C@@H]4[C@@]5(C)CC[C@H](O)C(C)(C)C5CC[C@]43C)[C@@H]2C1. The van der Waals surface area contributed by atoms with Crippen molar-refractivity contribution in [3.63, 3.8) is 0 Å². The topological polar surface area (TPSA) is 40.5 Å². The van der Waals surface area contributed by atoms with Gasteiger partial charge in [-0.05, 0) is 103 Å². The van der Waals surface area contributed by atoms with Gasteiger partial charge in [0.05, 0.1) is 12.2 Å². The lowest BCUT2D eigenvalue weighted by Crippen LogP contribution is -2.65. The van der Waals surface area contributed by atoms with Crippen molar-refractivity contribution in [2.75, 3.05) is 0 Å². The molecule has 0 amide bonds. The maximum Gasteiger partial charge on any atom is 0.0604 e. The maximum atomic E-state index is 11.3. The molecule has 2 heteroatoms.